The van der Waals surface area contributed by atoms with Crippen LogP contribution in [0.1, 0.15) is 19.4 Å². The Kier molecular flexibility index (Phi) is 4.71. The number of benzene rings is 1. The van der Waals surface area contributed by atoms with Gasteiger partial charge in [0.05, 0.1) is 10.4 Å². The zero-order valence-electron chi connectivity index (χ0n) is 10.7. The van der Waals surface area contributed by atoms with Crippen molar-refractivity contribution in [2.45, 2.75) is 20.4 Å². The second-order valence-corrected chi connectivity index (χ2v) is 5.59. The van der Waals surface area contributed by atoms with Crippen LogP contribution in [0, 0.1) is 5.41 Å². The van der Waals surface area contributed by atoms with Gasteiger partial charge >= 0.3 is 0 Å². The number of rotatable bonds is 4. The van der Waals surface area contributed by atoms with Gasteiger partial charge in [-0.1, -0.05) is 42.0 Å². The summed E-state index contributed by atoms with van der Waals surface area (Å²) in [5.74, 6) is -0.116. The van der Waals surface area contributed by atoms with Crippen LogP contribution >= 0.6 is 23.8 Å². The largest absolute Gasteiger partial charge is 0.392 e. The molecule has 5 heteroatoms. The molecule has 0 aliphatic rings. The standard InChI is InChI=1S/C13H17ClN2OS/c1-13(2,11(15)18)12(17)16(3)8-9-6-4-5-7-10(9)14/h4-7H,8H2,1-3H3,(H2,15,18). The van der Waals surface area contributed by atoms with Crippen LogP contribution in [-0.4, -0.2) is 22.8 Å². The van der Waals surface area contributed by atoms with E-state index in [1.165, 1.54) is 0 Å². The quantitative estimate of drug-likeness (QED) is 0.865. The molecule has 3 nitrogen and oxygen atoms in total. The topological polar surface area (TPSA) is 46.3 Å². The summed E-state index contributed by atoms with van der Waals surface area (Å²) < 4.78 is 0. The molecule has 0 radical (unpaired) electrons. The molecule has 0 saturated carbocycles. The van der Waals surface area contributed by atoms with Crippen molar-refractivity contribution in [1.29, 1.82) is 0 Å². The summed E-state index contributed by atoms with van der Waals surface area (Å²) in [6.45, 7) is 3.88. The van der Waals surface area contributed by atoms with Crippen molar-refractivity contribution in [1.82, 2.24) is 4.90 Å². The van der Waals surface area contributed by atoms with E-state index >= 15 is 0 Å². The molecule has 1 aromatic carbocycles. The highest BCUT2D eigenvalue weighted by Crippen LogP contribution is 2.22. The van der Waals surface area contributed by atoms with Gasteiger partial charge in [0.15, 0.2) is 0 Å². The van der Waals surface area contributed by atoms with Crippen LogP contribution in [-0.2, 0) is 11.3 Å². The fraction of sp³-hybridized carbons (Fsp3) is 0.385. The SMILES string of the molecule is CN(Cc1ccccc1Cl)C(=O)C(C)(C)C(N)=S. The predicted molar refractivity (Wildman–Crippen MR) is 78.5 cm³/mol. The van der Waals surface area contributed by atoms with Crippen LogP contribution in [0.2, 0.25) is 5.02 Å². The number of amides is 1. The molecule has 0 fully saturated rings. The van der Waals surface area contributed by atoms with E-state index in [0.717, 1.165) is 5.56 Å². The molecular weight excluding hydrogens is 268 g/mol. The Morgan fingerprint density at radius 2 is 2.00 bits per heavy atom. The average Bonchev–Trinajstić information content (AvgIpc) is 2.30. The molecule has 0 unspecified atom stereocenters. The van der Waals surface area contributed by atoms with Crippen molar-refractivity contribution in [3.63, 3.8) is 0 Å². The lowest BCUT2D eigenvalue weighted by molar-refractivity contribution is -0.136. The molecule has 2 N–H and O–H groups in total. The van der Waals surface area contributed by atoms with Gasteiger partial charge in [0.2, 0.25) is 5.91 Å². The van der Waals surface area contributed by atoms with Crippen LogP contribution in [0.15, 0.2) is 24.3 Å². The van der Waals surface area contributed by atoms with E-state index in [1.54, 1.807) is 31.9 Å². The van der Waals surface area contributed by atoms with Crippen LogP contribution in [0.4, 0.5) is 0 Å². The molecule has 0 bridgehead atoms. The number of nitrogens with two attached hydrogens (primary N) is 1. The second-order valence-electron chi connectivity index (χ2n) is 4.74. The molecule has 0 heterocycles. The summed E-state index contributed by atoms with van der Waals surface area (Å²) in [4.78, 5) is 14.0. The first-order valence-corrected chi connectivity index (χ1v) is 6.34. The van der Waals surface area contributed by atoms with Gasteiger partial charge in [-0.2, -0.15) is 0 Å². The van der Waals surface area contributed by atoms with E-state index in [-0.39, 0.29) is 10.9 Å². The molecule has 0 atom stereocenters. The van der Waals surface area contributed by atoms with Crippen molar-refractivity contribution in [2.24, 2.45) is 11.1 Å². The summed E-state index contributed by atoms with van der Waals surface area (Å²) in [7, 11) is 1.71. The fourth-order valence-corrected chi connectivity index (χ4v) is 1.82. The van der Waals surface area contributed by atoms with E-state index < -0.39 is 5.41 Å². The van der Waals surface area contributed by atoms with Crippen LogP contribution < -0.4 is 5.73 Å². The van der Waals surface area contributed by atoms with E-state index in [1.807, 2.05) is 18.2 Å². The minimum atomic E-state index is -0.842. The lowest BCUT2D eigenvalue weighted by Gasteiger charge is -2.28. The normalized spacial score (nSPS) is 11.1. The van der Waals surface area contributed by atoms with Crippen LogP contribution in [0.3, 0.4) is 0 Å². The first-order chi connectivity index (χ1) is 8.26. The number of nitrogens with zero attached hydrogens (tertiary/aromatic N) is 1. The maximum absolute atomic E-state index is 12.2. The molecular formula is C13H17ClN2OS. The Morgan fingerprint density at radius 1 is 1.44 bits per heavy atom. The lowest BCUT2D eigenvalue weighted by Crippen LogP contribution is -2.45. The highest BCUT2D eigenvalue weighted by atomic mass is 35.5. The third kappa shape index (κ3) is 3.21. The Morgan fingerprint density at radius 3 is 2.50 bits per heavy atom. The average molecular weight is 285 g/mol. The highest BCUT2D eigenvalue weighted by molar-refractivity contribution is 7.80. The summed E-state index contributed by atoms with van der Waals surface area (Å²) >= 11 is 11.0. The van der Waals surface area contributed by atoms with Gasteiger partial charge in [-0.3, -0.25) is 4.79 Å². The third-order valence-corrected chi connectivity index (χ3v) is 3.74. The summed E-state index contributed by atoms with van der Waals surface area (Å²) in [5.41, 5.74) is 5.65. The highest BCUT2D eigenvalue weighted by Gasteiger charge is 2.33. The Bertz CT molecular complexity index is 474. The van der Waals surface area contributed by atoms with Gasteiger partial charge in [-0.15, -0.1) is 0 Å². The first-order valence-electron chi connectivity index (χ1n) is 5.55. The van der Waals surface area contributed by atoms with Gasteiger partial charge < -0.3 is 10.6 Å². The van der Waals surface area contributed by atoms with Crippen LogP contribution in [0.25, 0.3) is 0 Å². The van der Waals surface area contributed by atoms with Gasteiger partial charge in [-0.05, 0) is 25.5 Å². The van der Waals surface area contributed by atoms with E-state index in [4.69, 9.17) is 29.6 Å². The molecule has 98 valence electrons. The zero-order chi connectivity index (χ0) is 13.9. The van der Waals surface area contributed by atoms with E-state index in [2.05, 4.69) is 0 Å². The maximum atomic E-state index is 12.2. The van der Waals surface area contributed by atoms with Crippen molar-refractivity contribution in [3.05, 3.63) is 34.9 Å². The molecule has 18 heavy (non-hydrogen) atoms. The molecule has 0 saturated heterocycles. The van der Waals surface area contributed by atoms with Gasteiger partial charge in [0.1, 0.15) is 0 Å². The summed E-state index contributed by atoms with van der Waals surface area (Å²) in [5, 5.41) is 0.644. The van der Waals surface area contributed by atoms with E-state index in [9.17, 15) is 4.79 Å². The summed E-state index contributed by atoms with van der Waals surface area (Å²) in [6.07, 6.45) is 0. The maximum Gasteiger partial charge on any atom is 0.235 e. The molecule has 0 aliphatic carbocycles. The van der Waals surface area contributed by atoms with Crippen molar-refractivity contribution in [3.8, 4) is 0 Å². The van der Waals surface area contributed by atoms with Crippen molar-refractivity contribution >= 4 is 34.7 Å². The smallest absolute Gasteiger partial charge is 0.235 e. The number of carbonyl (C=O) groups excluding carboxylic acids is 1. The van der Waals surface area contributed by atoms with E-state index in [0.29, 0.717) is 11.6 Å². The number of halogens is 1. The molecule has 1 rings (SSSR count). The number of hydrogen-bond acceptors (Lipinski definition) is 2. The third-order valence-electron chi connectivity index (χ3n) is 2.86. The van der Waals surface area contributed by atoms with Crippen molar-refractivity contribution in [2.75, 3.05) is 7.05 Å². The van der Waals surface area contributed by atoms with Gasteiger partial charge in [0.25, 0.3) is 0 Å². The number of carbonyl (C=O) groups is 1. The zero-order valence-corrected chi connectivity index (χ0v) is 12.3. The predicted octanol–water partition coefficient (Wildman–Crippen LogP) is 2.61. The Hall–Kier alpha value is -1.13. The summed E-state index contributed by atoms with van der Waals surface area (Å²) in [6, 6.07) is 7.43. The lowest BCUT2D eigenvalue weighted by atomic mass is 9.91. The molecule has 1 amide bonds. The number of thiocarbonyl (C=S) groups is 1. The second kappa shape index (κ2) is 5.67. The van der Waals surface area contributed by atoms with Crippen molar-refractivity contribution < 1.29 is 4.79 Å². The molecule has 1 aromatic rings. The number of hydrogen-bond donors (Lipinski definition) is 1. The molecule has 0 aliphatic heterocycles. The minimum Gasteiger partial charge on any atom is -0.392 e. The van der Waals surface area contributed by atoms with Crippen LogP contribution in [0.5, 0.6) is 0 Å². The molecule has 0 aromatic heterocycles. The van der Waals surface area contributed by atoms with Gasteiger partial charge in [-0.25, -0.2) is 0 Å². The van der Waals surface area contributed by atoms with Gasteiger partial charge in [0, 0.05) is 18.6 Å². The first kappa shape index (κ1) is 14.9. The molecule has 0 spiro atoms. The minimum absolute atomic E-state index is 0.116. The fourth-order valence-electron chi connectivity index (χ4n) is 1.54. The monoisotopic (exact) mass is 284 g/mol. The Balaban J connectivity index is 2.84. The Labute approximate surface area is 118 Å².